The Morgan fingerprint density at radius 1 is 1.32 bits per heavy atom. The lowest BCUT2D eigenvalue weighted by Gasteiger charge is -2.15. The Kier molecular flexibility index (Phi) is 4.74. The largest absolute Gasteiger partial charge is 0.494 e. The van der Waals surface area contributed by atoms with E-state index in [2.05, 4.69) is 15.3 Å². The van der Waals surface area contributed by atoms with E-state index < -0.39 is 5.82 Å². The molecule has 0 aliphatic heterocycles. The predicted molar refractivity (Wildman–Crippen MR) is 90.2 cm³/mol. The second-order valence-electron chi connectivity index (χ2n) is 5.46. The molecule has 0 saturated carbocycles. The van der Waals surface area contributed by atoms with E-state index in [1.165, 1.54) is 25.4 Å². The Labute approximate surface area is 144 Å². The number of aromatic nitrogens is 3. The Morgan fingerprint density at radius 2 is 2.16 bits per heavy atom. The zero-order valence-electron chi connectivity index (χ0n) is 13.8. The third kappa shape index (κ3) is 3.65. The first-order chi connectivity index (χ1) is 12.1. The summed E-state index contributed by atoms with van der Waals surface area (Å²) < 4.78 is 20.4. The van der Waals surface area contributed by atoms with Gasteiger partial charge in [-0.05, 0) is 36.8 Å². The van der Waals surface area contributed by atoms with Crippen LogP contribution in [0.5, 0.6) is 5.75 Å². The molecule has 1 amide bonds. The number of methoxy groups -OCH3 is 1. The highest BCUT2D eigenvalue weighted by Crippen LogP contribution is 2.22. The Morgan fingerprint density at radius 3 is 2.76 bits per heavy atom. The van der Waals surface area contributed by atoms with Gasteiger partial charge in [-0.2, -0.15) is 0 Å². The molecule has 3 rings (SSSR count). The van der Waals surface area contributed by atoms with Gasteiger partial charge in [0, 0.05) is 18.6 Å². The molecule has 0 saturated heterocycles. The van der Waals surface area contributed by atoms with Crippen molar-refractivity contribution in [1.29, 1.82) is 0 Å². The number of hydrogen-bond acceptors (Lipinski definition) is 4. The van der Waals surface area contributed by atoms with Gasteiger partial charge in [-0.25, -0.2) is 14.4 Å². The number of amides is 1. The average molecular weight is 340 g/mol. The number of halogens is 1. The fourth-order valence-corrected chi connectivity index (χ4v) is 2.38. The summed E-state index contributed by atoms with van der Waals surface area (Å²) in [6, 6.07) is 7.65. The monoisotopic (exact) mass is 340 g/mol. The molecule has 0 bridgehead atoms. The van der Waals surface area contributed by atoms with Crippen molar-refractivity contribution in [3.05, 3.63) is 72.2 Å². The van der Waals surface area contributed by atoms with Crippen LogP contribution in [0.3, 0.4) is 0 Å². The lowest BCUT2D eigenvalue weighted by Crippen LogP contribution is -2.26. The molecular weight excluding hydrogens is 323 g/mol. The molecule has 2 aromatic heterocycles. The zero-order valence-corrected chi connectivity index (χ0v) is 13.8. The Bertz CT molecular complexity index is 863. The van der Waals surface area contributed by atoms with Crippen LogP contribution in [0.2, 0.25) is 0 Å². The van der Waals surface area contributed by atoms with Crippen LogP contribution in [0.25, 0.3) is 5.82 Å². The van der Waals surface area contributed by atoms with Crippen molar-refractivity contribution in [2.45, 2.75) is 13.0 Å². The summed E-state index contributed by atoms with van der Waals surface area (Å²) in [5.74, 6) is 0.0850. The first-order valence-electron chi connectivity index (χ1n) is 7.67. The summed E-state index contributed by atoms with van der Waals surface area (Å²) >= 11 is 0. The molecule has 0 aliphatic rings. The molecular formula is C18H17FN4O2. The predicted octanol–water partition coefficient (Wildman–Crippen LogP) is 2.91. The van der Waals surface area contributed by atoms with Crippen LogP contribution in [-0.4, -0.2) is 27.6 Å². The van der Waals surface area contributed by atoms with E-state index in [1.54, 1.807) is 48.4 Å². The summed E-state index contributed by atoms with van der Waals surface area (Å²) in [7, 11) is 1.41. The summed E-state index contributed by atoms with van der Waals surface area (Å²) in [5.41, 5.74) is 1.07. The van der Waals surface area contributed by atoms with Crippen LogP contribution in [-0.2, 0) is 0 Å². The molecule has 0 radical (unpaired) electrons. The van der Waals surface area contributed by atoms with Crippen molar-refractivity contribution in [1.82, 2.24) is 19.9 Å². The number of nitrogens with one attached hydrogen (secondary N) is 1. The molecule has 2 heterocycles. The first kappa shape index (κ1) is 16.6. The third-order valence-electron chi connectivity index (χ3n) is 3.80. The summed E-state index contributed by atoms with van der Waals surface area (Å²) in [6.07, 6.45) is 6.54. The summed E-state index contributed by atoms with van der Waals surface area (Å²) in [4.78, 5) is 20.5. The molecule has 1 N–H and O–H groups in total. The van der Waals surface area contributed by atoms with E-state index in [0.29, 0.717) is 16.9 Å². The van der Waals surface area contributed by atoms with Crippen LogP contribution in [0, 0.1) is 5.82 Å². The van der Waals surface area contributed by atoms with Gasteiger partial charge in [-0.15, -0.1) is 0 Å². The van der Waals surface area contributed by atoms with Gasteiger partial charge in [-0.3, -0.25) is 9.36 Å². The first-order valence-corrected chi connectivity index (χ1v) is 7.67. The number of nitrogens with zero attached hydrogens (tertiary/aromatic N) is 3. The van der Waals surface area contributed by atoms with E-state index in [4.69, 9.17) is 4.74 Å². The number of carbonyl (C=O) groups is 1. The molecule has 0 spiro atoms. The smallest absolute Gasteiger partial charge is 0.253 e. The fraction of sp³-hybridized carbons (Fsp3) is 0.167. The van der Waals surface area contributed by atoms with E-state index in [0.717, 1.165) is 0 Å². The van der Waals surface area contributed by atoms with Crippen molar-refractivity contribution in [3.63, 3.8) is 0 Å². The highest BCUT2D eigenvalue weighted by atomic mass is 19.1. The minimum absolute atomic E-state index is 0.168. The second-order valence-corrected chi connectivity index (χ2v) is 5.46. The molecule has 0 aliphatic carbocycles. The van der Waals surface area contributed by atoms with Gasteiger partial charge in [0.25, 0.3) is 5.91 Å². The van der Waals surface area contributed by atoms with Gasteiger partial charge in [0.15, 0.2) is 11.6 Å². The van der Waals surface area contributed by atoms with Gasteiger partial charge in [0.05, 0.1) is 18.7 Å². The van der Waals surface area contributed by atoms with Crippen LogP contribution >= 0.6 is 0 Å². The topological polar surface area (TPSA) is 69.0 Å². The molecule has 6 nitrogen and oxygen atoms in total. The van der Waals surface area contributed by atoms with Gasteiger partial charge < -0.3 is 10.1 Å². The van der Waals surface area contributed by atoms with Gasteiger partial charge in [0.1, 0.15) is 12.1 Å². The van der Waals surface area contributed by atoms with Gasteiger partial charge >= 0.3 is 0 Å². The second kappa shape index (κ2) is 7.12. The number of hydrogen-bond donors (Lipinski definition) is 1. The summed E-state index contributed by atoms with van der Waals surface area (Å²) in [5, 5.41) is 2.83. The fourth-order valence-electron chi connectivity index (χ4n) is 2.38. The molecule has 3 aromatic rings. The zero-order chi connectivity index (χ0) is 17.8. The maximum absolute atomic E-state index is 13.8. The maximum Gasteiger partial charge on any atom is 0.253 e. The molecule has 7 heteroatoms. The van der Waals surface area contributed by atoms with Crippen molar-refractivity contribution in [2.75, 3.05) is 7.11 Å². The van der Waals surface area contributed by atoms with Crippen molar-refractivity contribution in [3.8, 4) is 11.6 Å². The van der Waals surface area contributed by atoms with Crippen LogP contribution in [0.15, 0.2) is 55.2 Å². The molecule has 0 fully saturated rings. The van der Waals surface area contributed by atoms with Crippen LogP contribution < -0.4 is 10.1 Å². The Balaban J connectivity index is 1.70. The summed E-state index contributed by atoms with van der Waals surface area (Å²) in [6.45, 7) is 1.78. The van der Waals surface area contributed by atoms with Crippen molar-refractivity contribution >= 4 is 5.91 Å². The molecule has 1 atom stereocenters. The quantitative estimate of drug-likeness (QED) is 0.775. The highest BCUT2D eigenvalue weighted by molar-refractivity contribution is 5.94. The number of carbonyl (C=O) groups excluding carboxylic acids is 1. The van der Waals surface area contributed by atoms with Crippen molar-refractivity contribution < 1.29 is 13.9 Å². The standard InChI is InChI=1S/C18H17FN4O2/c1-12(13-3-5-16(25-2)15(19)9-13)22-18(24)14-4-6-17(21-10-14)23-8-7-20-11-23/h3-12H,1-2H3,(H,22,24)/t12-/m1/s1. The molecule has 0 unspecified atom stereocenters. The number of imidazole rings is 1. The van der Waals surface area contributed by atoms with Crippen LogP contribution in [0.4, 0.5) is 4.39 Å². The van der Waals surface area contributed by atoms with Gasteiger partial charge in [0.2, 0.25) is 0 Å². The van der Waals surface area contributed by atoms with E-state index >= 15 is 0 Å². The van der Waals surface area contributed by atoms with E-state index in [-0.39, 0.29) is 17.7 Å². The number of ether oxygens (including phenoxy) is 1. The normalized spacial score (nSPS) is 11.8. The van der Waals surface area contributed by atoms with Crippen LogP contribution in [0.1, 0.15) is 28.9 Å². The van der Waals surface area contributed by atoms with Gasteiger partial charge in [-0.1, -0.05) is 6.07 Å². The molecule has 128 valence electrons. The third-order valence-corrected chi connectivity index (χ3v) is 3.80. The SMILES string of the molecule is COc1ccc([C@@H](C)NC(=O)c2ccc(-n3ccnc3)nc2)cc1F. The highest BCUT2D eigenvalue weighted by Gasteiger charge is 2.14. The number of pyridine rings is 1. The lowest BCUT2D eigenvalue weighted by atomic mass is 10.1. The van der Waals surface area contributed by atoms with E-state index in [1.807, 2.05) is 0 Å². The number of rotatable bonds is 5. The Hall–Kier alpha value is -3.22. The molecule has 25 heavy (non-hydrogen) atoms. The maximum atomic E-state index is 13.8. The number of benzene rings is 1. The minimum atomic E-state index is -0.465. The van der Waals surface area contributed by atoms with Crippen molar-refractivity contribution in [2.24, 2.45) is 0 Å². The average Bonchev–Trinajstić information content (AvgIpc) is 3.16. The minimum Gasteiger partial charge on any atom is -0.494 e. The van der Waals surface area contributed by atoms with E-state index in [9.17, 15) is 9.18 Å². The lowest BCUT2D eigenvalue weighted by molar-refractivity contribution is 0.0939. The molecule has 1 aromatic carbocycles.